The number of allylic oxidation sites excluding steroid dienone is 2. The summed E-state index contributed by atoms with van der Waals surface area (Å²) in [6, 6.07) is 0. The number of aliphatic hydroxyl groups is 1. The molecule has 2 atom stereocenters. The van der Waals surface area contributed by atoms with Crippen molar-refractivity contribution >= 4 is 23.3 Å². The molecule has 0 spiro atoms. The van der Waals surface area contributed by atoms with Crippen LogP contribution < -0.4 is 0 Å². The number of Topliss-reactive ketones (excluding diaryl/α,β-unsaturated/α-hetero) is 2. The summed E-state index contributed by atoms with van der Waals surface area (Å²) in [5, 5.41) is 10.1. The largest absolute Gasteiger partial charge is 0.511 e. The first-order chi connectivity index (χ1) is 9.13. The van der Waals surface area contributed by atoms with E-state index in [-0.39, 0.29) is 28.8 Å². The highest BCUT2D eigenvalue weighted by Gasteiger charge is 2.35. The zero-order valence-corrected chi connectivity index (χ0v) is 12.3. The van der Waals surface area contributed by atoms with E-state index in [2.05, 4.69) is 0 Å². The molecule has 0 radical (unpaired) electrons. The fourth-order valence-electron chi connectivity index (χ4n) is 3.06. The Balaban J connectivity index is 2.08. The molecular weight excluding hydrogens is 260 g/mol. The number of hydrogen-bond donors (Lipinski definition) is 1. The fraction of sp³-hybridized carbons (Fsp3) is 0.733. The van der Waals surface area contributed by atoms with Gasteiger partial charge in [0.25, 0.3) is 0 Å². The van der Waals surface area contributed by atoms with Crippen LogP contribution >= 0.6 is 11.8 Å². The van der Waals surface area contributed by atoms with E-state index in [1.165, 1.54) is 12.2 Å². The van der Waals surface area contributed by atoms with Crippen molar-refractivity contribution in [2.75, 3.05) is 11.5 Å². The SMILES string of the molecule is CCCC(=O)C1=C(O)CC(C2CCCSC2)CC1=O. The molecular formula is C15H22O3S. The van der Waals surface area contributed by atoms with Crippen LogP contribution in [0.4, 0.5) is 0 Å². The van der Waals surface area contributed by atoms with Gasteiger partial charge in [0.1, 0.15) is 5.76 Å². The van der Waals surface area contributed by atoms with Crippen LogP contribution in [-0.2, 0) is 9.59 Å². The zero-order valence-electron chi connectivity index (χ0n) is 11.5. The average molecular weight is 282 g/mol. The van der Waals surface area contributed by atoms with E-state index in [4.69, 9.17) is 0 Å². The smallest absolute Gasteiger partial charge is 0.170 e. The molecule has 1 fully saturated rings. The maximum Gasteiger partial charge on any atom is 0.170 e. The molecule has 1 aliphatic carbocycles. The van der Waals surface area contributed by atoms with Crippen molar-refractivity contribution < 1.29 is 14.7 Å². The van der Waals surface area contributed by atoms with Gasteiger partial charge in [-0.25, -0.2) is 0 Å². The first-order valence-electron chi connectivity index (χ1n) is 7.19. The van der Waals surface area contributed by atoms with Gasteiger partial charge in [0.2, 0.25) is 0 Å². The fourth-order valence-corrected chi connectivity index (χ4v) is 4.34. The second-order valence-corrected chi connectivity index (χ2v) is 6.71. The molecule has 19 heavy (non-hydrogen) atoms. The molecule has 4 heteroatoms. The third-order valence-corrected chi connectivity index (χ3v) is 5.33. The van der Waals surface area contributed by atoms with E-state index in [1.807, 2.05) is 18.7 Å². The molecule has 106 valence electrons. The Bertz CT molecular complexity index is 394. The van der Waals surface area contributed by atoms with Gasteiger partial charge in [0, 0.05) is 19.3 Å². The van der Waals surface area contributed by atoms with Gasteiger partial charge in [-0.1, -0.05) is 6.92 Å². The summed E-state index contributed by atoms with van der Waals surface area (Å²) in [7, 11) is 0. The Labute approximate surface area is 118 Å². The first-order valence-corrected chi connectivity index (χ1v) is 8.35. The summed E-state index contributed by atoms with van der Waals surface area (Å²) < 4.78 is 0. The van der Waals surface area contributed by atoms with E-state index in [9.17, 15) is 14.7 Å². The van der Waals surface area contributed by atoms with Crippen LogP contribution in [0.2, 0.25) is 0 Å². The van der Waals surface area contributed by atoms with Crippen LogP contribution in [-0.4, -0.2) is 28.2 Å². The van der Waals surface area contributed by atoms with E-state index < -0.39 is 0 Å². The van der Waals surface area contributed by atoms with Crippen LogP contribution in [0.25, 0.3) is 0 Å². The minimum absolute atomic E-state index is 0.0512. The number of carbonyl (C=O) groups excluding carboxylic acids is 2. The lowest BCUT2D eigenvalue weighted by molar-refractivity contribution is -0.123. The third-order valence-electron chi connectivity index (χ3n) is 4.09. The highest BCUT2D eigenvalue weighted by atomic mass is 32.2. The molecule has 0 bridgehead atoms. The van der Waals surface area contributed by atoms with Crippen LogP contribution in [0.5, 0.6) is 0 Å². The van der Waals surface area contributed by atoms with E-state index in [0.717, 1.165) is 12.2 Å². The van der Waals surface area contributed by atoms with Crippen LogP contribution in [0, 0.1) is 11.8 Å². The van der Waals surface area contributed by atoms with Gasteiger partial charge in [-0.2, -0.15) is 11.8 Å². The zero-order chi connectivity index (χ0) is 13.8. The number of hydrogen-bond acceptors (Lipinski definition) is 4. The Morgan fingerprint density at radius 2 is 2.16 bits per heavy atom. The Morgan fingerprint density at radius 1 is 1.37 bits per heavy atom. The molecule has 1 N–H and O–H groups in total. The van der Waals surface area contributed by atoms with Crippen molar-refractivity contribution in [1.82, 2.24) is 0 Å². The van der Waals surface area contributed by atoms with Crippen molar-refractivity contribution in [3.63, 3.8) is 0 Å². The monoisotopic (exact) mass is 282 g/mol. The topological polar surface area (TPSA) is 54.4 Å². The van der Waals surface area contributed by atoms with Gasteiger partial charge in [0.15, 0.2) is 11.6 Å². The molecule has 2 rings (SSSR count). The molecule has 0 aromatic rings. The second-order valence-electron chi connectivity index (χ2n) is 5.56. The summed E-state index contributed by atoms with van der Waals surface area (Å²) in [5.41, 5.74) is 0.0987. The van der Waals surface area contributed by atoms with Crippen molar-refractivity contribution in [2.24, 2.45) is 11.8 Å². The quantitative estimate of drug-likeness (QED) is 0.804. The molecule has 0 aromatic carbocycles. The predicted octanol–water partition coefficient (Wildman–Crippen LogP) is 3.29. The van der Waals surface area contributed by atoms with E-state index in [1.54, 1.807) is 0 Å². The van der Waals surface area contributed by atoms with Crippen LogP contribution in [0.1, 0.15) is 45.4 Å². The molecule has 1 saturated heterocycles. The van der Waals surface area contributed by atoms with Crippen molar-refractivity contribution in [1.29, 1.82) is 0 Å². The first kappa shape index (κ1) is 14.6. The summed E-state index contributed by atoms with van der Waals surface area (Å²) in [5.74, 6) is 2.79. The van der Waals surface area contributed by atoms with Gasteiger partial charge in [-0.15, -0.1) is 0 Å². The van der Waals surface area contributed by atoms with E-state index in [0.29, 0.717) is 31.6 Å². The third kappa shape index (κ3) is 3.41. The van der Waals surface area contributed by atoms with Gasteiger partial charge in [-0.05, 0) is 42.6 Å². The Morgan fingerprint density at radius 3 is 2.74 bits per heavy atom. The lowest BCUT2D eigenvalue weighted by Crippen LogP contribution is -2.30. The molecule has 1 heterocycles. The Kier molecular flexibility index (Phi) is 5.08. The summed E-state index contributed by atoms with van der Waals surface area (Å²) in [6.45, 7) is 1.91. The molecule has 2 unspecified atom stereocenters. The summed E-state index contributed by atoms with van der Waals surface area (Å²) >= 11 is 1.94. The highest BCUT2D eigenvalue weighted by Crippen LogP contribution is 2.37. The standard InChI is InChI=1S/C15H22O3S/c1-2-4-12(16)15-13(17)7-11(8-14(15)18)10-5-3-6-19-9-10/h10-11,17H,2-9H2,1H3. The highest BCUT2D eigenvalue weighted by molar-refractivity contribution is 7.99. The number of ketones is 2. The lowest BCUT2D eigenvalue weighted by atomic mass is 9.77. The summed E-state index contributed by atoms with van der Waals surface area (Å²) in [6.07, 6.45) is 4.38. The van der Waals surface area contributed by atoms with Gasteiger partial charge in [-0.3, -0.25) is 9.59 Å². The molecule has 0 aromatic heterocycles. The van der Waals surface area contributed by atoms with Crippen molar-refractivity contribution in [3.8, 4) is 0 Å². The summed E-state index contributed by atoms with van der Waals surface area (Å²) in [4.78, 5) is 24.0. The number of rotatable bonds is 4. The van der Waals surface area contributed by atoms with Crippen molar-refractivity contribution in [3.05, 3.63) is 11.3 Å². The average Bonchev–Trinajstić information content (AvgIpc) is 2.39. The van der Waals surface area contributed by atoms with Gasteiger partial charge >= 0.3 is 0 Å². The van der Waals surface area contributed by atoms with Gasteiger partial charge < -0.3 is 5.11 Å². The number of aliphatic hydroxyl groups excluding tert-OH is 1. The normalized spacial score (nSPS) is 28.6. The van der Waals surface area contributed by atoms with E-state index >= 15 is 0 Å². The minimum atomic E-state index is -0.179. The van der Waals surface area contributed by atoms with Crippen LogP contribution in [0.15, 0.2) is 11.3 Å². The minimum Gasteiger partial charge on any atom is -0.511 e. The number of thioether (sulfide) groups is 1. The maximum atomic E-state index is 12.1. The second kappa shape index (κ2) is 6.60. The molecule has 1 aliphatic heterocycles. The molecule has 3 nitrogen and oxygen atoms in total. The maximum absolute atomic E-state index is 12.1. The number of carbonyl (C=O) groups is 2. The lowest BCUT2D eigenvalue weighted by Gasteiger charge is -2.32. The molecule has 2 aliphatic rings. The van der Waals surface area contributed by atoms with Gasteiger partial charge in [0.05, 0.1) is 5.57 Å². The van der Waals surface area contributed by atoms with Crippen molar-refractivity contribution in [2.45, 2.75) is 45.4 Å². The molecule has 0 saturated carbocycles. The Hall–Kier alpha value is -0.770. The van der Waals surface area contributed by atoms with Crippen LogP contribution in [0.3, 0.4) is 0 Å². The molecule has 0 amide bonds. The predicted molar refractivity (Wildman–Crippen MR) is 77.3 cm³/mol.